The monoisotopic (exact) mass is 265 g/mol. The second kappa shape index (κ2) is 6.11. The van der Waals surface area contributed by atoms with Crippen LogP contribution in [0.2, 0.25) is 0 Å². The van der Waals surface area contributed by atoms with Crippen LogP contribution in [0.15, 0.2) is 23.4 Å². The number of hydrogen-bond donors (Lipinski definition) is 2. The Hall–Kier alpha value is -1.20. The Labute approximate surface area is 111 Å². The lowest BCUT2D eigenvalue weighted by Gasteiger charge is -2.08. The molecule has 1 aromatic carbocycles. The number of nitrogens with one attached hydrogen (secondary N) is 1. The van der Waals surface area contributed by atoms with Crippen LogP contribution in [0.25, 0.3) is 11.0 Å². The van der Waals surface area contributed by atoms with Gasteiger partial charge in [-0.2, -0.15) is 0 Å². The fourth-order valence-electron chi connectivity index (χ4n) is 1.73. The van der Waals surface area contributed by atoms with Gasteiger partial charge in [0.05, 0.1) is 17.6 Å². The van der Waals surface area contributed by atoms with Crippen molar-refractivity contribution in [2.24, 2.45) is 5.73 Å². The molecule has 2 rings (SSSR count). The Balaban J connectivity index is 2.21. The molecule has 0 amide bonds. The SMILES string of the molecule is CCOc1ccc2nc(SC(CC)CN)[nH]c2c1. The van der Waals surface area contributed by atoms with Gasteiger partial charge in [0.15, 0.2) is 5.16 Å². The van der Waals surface area contributed by atoms with Crippen molar-refractivity contribution < 1.29 is 4.74 Å². The molecule has 0 aliphatic carbocycles. The summed E-state index contributed by atoms with van der Waals surface area (Å²) in [5, 5.41) is 1.34. The van der Waals surface area contributed by atoms with E-state index < -0.39 is 0 Å². The lowest BCUT2D eigenvalue weighted by atomic mass is 10.3. The minimum atomic E-state index is 0.414. The molecule has 0 fully saturated rings. The highest BCUT2D eigenvalue weighted by atomic mass is 32.2. The molecule has 0 aliphatic rings. The van der Waals surface area contributed by atoms with E-state index in [1.54, 1.807) is 11.8 Å². The number of rotatable bonds is 6. The standard InChI is InChI=1S/C13H19N3OS/c1-3-10(8-14)18-13-15-11-6-5-9(17-4-2)7-12(11)16-13/h5-7,10H,3-4,8,14H2,1-2H3,(H,15,16). The fraction of sp³-hybridized carbons (Fsp3) is 0.462. The second-order valence-electron chi connectivity index (χ2n) is 4.04. The van der Waals surface area contributed by atoms with Crippen molar-refractivity contribution in [2.75, 3.05) is 13.2 Å². The van der Waals surface area contributed by atoms with E-state index in [0.29, 0.717) is 18.4 Å². The summed E-state index contributed by atoms with van der Waals surface area (Å²) < 4.78 is 5.47. The summed E-state index contributed by atoms with van der Waals surface area (Å²) in [5.74, 6) is 0.871. The molecule has 0 saturated carbocycles. The lowest BCUT2D eigenvalue weighted by molar-refractivity contribution is 0.340. The summed E-state index contributed by atoms with van der Waals surface area (Å²) in [6.45, 7) is 5.46. The van der Waals surface area contributed by atoms with Crippen molar-refractivity contribution in [3.05, 3.63) is 18.2 Å². The molecule has 3 N–H and O–H groups in total. The molecule has 1 atom stereocenters. The van der Waals surface area contributed by atoms with Gasteiger partial charge in [-0.1, -0.05) is 18.7 Å². The highest BCUT2D eigenvalue weighted by molar-refractivity contribution is 7.99. The van der Waals surface area contributed by atoms with Gasteiger partial charge in [-0.05, 0) is 25.5 Å². The largest absolute Gasteiger partial charge is 0.494 e. The maximum Gasteiger partial charge on any atom is 0.166 e. The van der Waals surface area contributed by atoms with Crippen molar-refractivity contribution in [3.63, 3.8) is 0 Å². The Morgan fingerprint density at radius 2 is 2.28 bits per heavy atom. The van der Waals surface area contributed by atoms with Gasteiger partial charge in [-0.15, -0.1) is 0 Å². The van der Waals surface area contributed by atoms with E-state index in [0.717, 1.165) is 28.4 Å². The van der Waals surface area contributed by atoms with Gasteiger partial charge in [0.1, 0.15) is 5.75 Å². The van der Waals surface area contributed by atoms with Gasteiger partial charge in [-0.25, -0.2) is 4.98 Å². The maximum atomic E-state index is 5.71. The van der Waals surface area contributed by atoms with Gasteiger partial charge >= 0.3 is 0 Å². The molecule has 4 nitrogen and oxygen atoms in total. The summed E-state index contributed by atoms with van der Waals surface area (Å²) in [4.78, 5) is 7.86. The first-order chi connectivity index (χ1) is 8.76. The van der Waals surface area contributed by atoms with Crippen LogP contribution in [-0.2, 0) is 0 Å². The van der Waals surface area contributed by atoms with Crippen LogP contribution in [0.5, 0.6) is 5.75 Å². The van der Waals surface area contributed by atoms with Crippen LogP contribution in [0, 0.1) is 0 Å². The average molecular weight is 265 g/mol. The van der Waals surface area contributed by atoms with E-state index in [9.17, 15) is 0 Å². The van der Waals surface area contributed by atoms with Gasteiger partial charge in [-0.3, -0.25) is 0 Å². The summed E-state index contributed by atoms with van der Waals surface area (Å²) in [6, 6.07) is 5.91. The van der Waals surface area contributed by atoms with Gasteiger partial charge in [0.2, 0.25) is 0 Å². The molecule has 0 aliphatic heterocycles. The molecular formula is C13H19N3OS. The summed E-state index contributed by atoms with van der Waals surface area (Å²) >= 11 is 1.70. The molecule has 0 saturated heterocycles. The molecule has 0 bridgehead atoms. The molecular weight excluding hydrogens is 246 g/mol. The van der Waals surface area contributed by atoms with Crippen LogP contribution < -0.4 is 10.5 Å². The van der Waals surface area contributed by atoms with E-state index in [-0.39, 0.29) is 0 Å². The normalized spacial score (nSPS) is 12.8. The molecule has 98 valence electrons. The molecule has 5 heteroatoms. The Bertz CT molecular complexity index is 508. The molecule has 1 unspecified atom stereocenters. The summed E-state index contributed by atoms with van der Waals surface area (Å²) in [7, 11) is 0. The van der Waals surface area contributed by atoms with Crippen LogP contribution >= 0.6 is 11.8 Å². The summed E-state index contributed by atoms with van der Waals surface area (Å²) in [5.41, 5.74) is 7.68. The van der Waals surface area contributed by atoms with Gasteiger partial charge < -0.3 is 15.5 Å². The second-order valence-corrected chi connectivity index (χ2v) is 5.33. The number of H-pyrrole nitrogens is 1. The molecule has 2 aromatic rings. The number of imidazole rings is 1. The smallest absolute Gasteiger partial charge is 0.166 e. The molecule has 1 heterocycles. The highest BCUT2D eigenvalue weighted by Crippen LogP contribution is 2.26. The van der Waals surface area contributed by atoms with E-state index in [1.165, 1.54) is 0 Å². The first-order valence-corrected chi connectivity index (χ1v) is 7.14. The third-order valence-corrected chi connectivity index (χ3v) is 4.01. The van der Waals surface area contributed by atoms with E-state index in [4.69, 9.17) is 10.5 Å². The van der Waals surface area contributed by atoms with Crippen LogP contribution in [0.4, 0.5) is 0 Å². The fourth-order valence-corrected chi connectivity index (χ4v) is 2.63. The van der Waals surface area contributed by atoms with Crippen molar-refractivity contribution in [1.29, 1.82) is 0 Å². The van der Waals surface area contributed by atoms with Gasteiger partial charge in [0, 0.05) is 17.9 Å². The minimum Gasteiger partial charge on any atom is -0.494 e. The van der Waals surface area contributed by atoms with Crippen molar-refractivity contribution in [3.8, 4) is 5.75 Å². The number of thioether (sulfide) groups is 1. The predicted octanol–water partition coefficient (Wildman–Crippen LogP) is 2.79. The highest BCUT2D eigenvalue weighted by Gasteiger charge is 2.10. The third-order valence-electron chi connectivity index (χ3n) is 2.74. The number of aromatic amines is 1. The zero-order chi connectivity index (χ0) is 13.0. The van der Waals surface area contributed by atoms with Gasteiger partial charge in [0.25, 0.3) is 0 Å². The summed E-state index contributed by atoms with van der Waals surface area (Å²) in [6.07, 6.45) is 1.04. The van der Waals surface area contributed by atoms with Crippen LogP contribution in [0.3, 0.4) is 0 Å². The third kappa shape index (κ3) is 2.97. The van der Waals surface area contributed by atoms with Crippen molar-refractivity contribution in [1.82, 2.24) is 9.97 Å². The Morgan fingerprint density at radius 1 is 1.44 bits per heavy atom. The van der Waals surface area contributed by atoms with E-state index in [1.807, 2.05) is 25.1 Å². The number of fused-ring (bicyclic) bond motifs is 1. The molecule has 18 heavy (non-hydrogen) atoms. The molecule has 0 radical (unpaired) electrons. The van der Waals surface area contributed by atoms with Crippen LogP contribution in [-0.4, -0.2) is 28.4 Å². The Morgan fingerprint density at radius 3 is 2.94 bits per heavy atom. The average Bonchev–Trinajstić information content (AvgIpc) is 2.78. The number of nitrogens with zero attached hydrogens (tertiary/aromatic N) is 1. The topological polar surface area (TPSA) is 63.9 Å². The number of benzene rings is 1. The first-order valence-electron chi connectivity index (χ1n) is 6.26. The Kier molecular flexibility index (Phi) is 4.49. The predicted molar refractivity (Wildman–Crippen MR) is 76.3 cm³/mol. The van der Waals surface area contributed by atoms with Crippen molar-refractivity contribution >= 4 is 22.8 Å². The number of aromatic nitrogens is 2. The zero-order valence-electron chi connectivity index (χ0n) is 10.8. The van der Waals surface area contributed by atoms with Crippen LogP contribution in [0.1, 0.15) is 20.3 Å². The number of nitrogens with two attached hydrogens (primary N) is 1. The quantitative estimate of drug-likeness (QED) is 0.788. The van der Waals surface area contributed by atoms with E-state index in [2.05, 4.69) is 16.9 Å². The van der Waals surface area contributed by atoms with E-state index >= 15 is 0 Å². The minimum absolute atomic E-state index is 0.414. The maximum absolute atomic E-state index is 5.71. The number of ether oxygens (including phenoxy) is 1. The zero-order valence-corrected chi connectivity index (χ0v) is 11.6. The molecule has 1 aromatic heterocycles. The lowest BCUT2D eigenvalue weighted by Crippen LogP contribution is -2.15. The first kappa shape index (κ1) is 13.2. The molecule has 0 spiro atoms. The number of hydrogen-bond acceptors (Lipinski definition) is 4. The van der Waals surface area contributed by atoms with Crippen molar-refractivity contribution in [2.45, 2.75) is 30.7 Å².